The van der Waals surface area contributed by atoms with Crippen molar-refractivity contribution in [2.24, 2.45) is 0 Å². The molecule has 0 fully saturated rings. The van der Waals surface area contributed by atoms with E-state index in [0.717, 1.165) is 50.4 Å². The second kappa shape index (κ2) is 19.7. The smallest absolute Gasteiger partial charge is 0.181 e. The van der Waals surface area contributed by atoms with E-state index in [4.69, 9.17) is 9.72 Å². The Bertz CT molecular complexity index is 3640. The number of ether oxygens (including phenoxy) is 1. The largest absolute Gasteiger partial charge is 0.509 e. The fourth-order valence-corrected chi connectivity index (χ4v) is 15.6. The molecule has 0 radical (unpaired) electrons. The van der Waals surface area contributed by atoms with Crippen molar-refractivity contribution in [2.45, 2.75) is 78.6 Å². The number of pyridine rings is 1. The normalized spacial score (nSPS) is 12.9. The molecule has 2 aromatic heterocycles. The molecule has 8 heteroatoms. The average Bonchev–Trinajstić information content (AvgIpc) is 3.98. The van der Waals surface area contributed by atoms with E-state index in [0.29, 0.717) is 17.1 Å². The van der Waals surface area contributed by atoms with Gasteiger partial charge in [-0.05, 0) is 108 Å². The molecular formula is C67H60N5OPtSi-3. The number of fused-ring (bicyclic) bond motifs is 4. The maximum absolute atomic E-state index is 9.92. The molecule has 0 spiro atoms. The van der Waals surface area contributed by atoms with E-state index in [1.54, 1.807) is 0 Å². The van der Waals surface area contributed by atoms with Gasteiger partial charge in [0.1, 0.15) is 5.82 Å². The molecule has 3 heterocycles. The van der Waals surface area contributed by atoms with Gasteiger partial charge < -0.3 is 19.1 Å². The van der Waals surface area contributed by atoms with E-state index < -0.39 is 8.07 Å². The number of nitrogens with zero attached hydrogens (tertiary/aromatic N) is 5. The van der Waals surface area contributed by atoms with E-state index in [9.17, 15) is 5.26 Å². The third-order valence-electron chi connectivity index (χ3n) is 14.5. The fraction of sp³-hybridized carbons (Fsp3) is 0.179. The molecule has 0 atom stereocenters. The SMILES string of the molecule is CC(C)(C)c1cc(N2[CH-]N(c3[c-]c(Oc4[c-]c5c(cc4)c4cc(C#N)ccc4n5-c4cc(C(C)(C)C)ccn4)ccc3)c3cccc([Si](c4ccccc4)(c4ccccc4)c4ccccc4)c32)cc(C(C)(C)C)c1.[Pt]. The van der Waals surface area contributed by atoms with Crippen LogP contribution in [0.5, 0.6) is 11.5 Å². The Morgan fingerprint density at radius 3 is 1.72 bits per heavy atom. The summed E-state index contributed by atoms with van der Waals surface area (Å²) in [5, 5.41) is 17.0. The van der Waals surface area contributed by atoms with Crippen molar-refractivity contribution in [3.05, 3.63) is 235 Å². The van der Waals surface area contributed by atoms with Gasteiger partial charge in [-0.3, -0.25) is 0 Å². The summed E-state index contributed by atoms with van der Waals surface area (Å²) >= 11 is 0. The number of hydrogen-bond donors (Lipinski definition) is 0. The summed E-state index contributed by atoms with van der Waals surface area (Å²) in [6, 6.07) is 77.3. The summed E-state index contributed by atoms with van der Waals surface area (Å²) in [6.45, 7) is 22.7. The zero-order chi connectivity index (χ0) is 51.6. The van der Waals surface area contributed by atoms with Crippen molar-refractivity contribution >= 4 is 73.4 Å². The number of hydrogen-bond acceptors (Lipinski definition) is 5. The van der Waals surface area contributed by atoms with Crippen LogP contribution in [0.15, 0.2) is 194 Å². The average molecular weight is 1170 g/mol. The van der Waals surface area contributed by atoms with Crippen molar-refractivity contribution in [1.29, 1.82) is 5.26 Å². The predicted octanol–water partition coefficient (Wildman–Crippen LogP) is 14.1. The Labute approximate surface area is 458 Å². The fourth-order valence-electron chi connectivity index (χ4n) is 10.6. The molecule has 376 valence electrons. The molecule has 75 heavy (non-hydrogen) atoms. The van der Waals surface area contributed by atoms with Gasteiger partial charge in [-0.2, -0.15) is 17.4 Å². The van der Waals surface area contributed by atoms with E-state index in [-0.39, 0.29) is 37.3 Å². The van der Waals surface area contributed by atoms with Gasteiger partial charge in [-0.25, -0.2) is 4.98 Å². The third kappa shape index (κ3) is 9.30. The molecule has 0 N–H and O–H groups in total. The topological polar surface area (TPSA) is 57.3 Å². The minimum atomic E-state index is -3.06. The van der Waals surface area contributed by atoms with Gasteiger partial charge in [0.25, 0.3) is 0 Å². The van der Waals surface area contributed by atoms with Crippen LogP contribution in [0, 0.1) is 30.1 Å². The summed E-state index contributed by atoms with van der Waals surface area (Å²) in [6.07, 6.45) is 1.87. The van der Waals surface area contributed by atoms with Gasteiger partial charge in [-0.1, -0.05) is 177 Å². The number of anilines is 4. The summed E-state index contributed by atoms with van der Waals surface area (Å²) in [5.41, 5.74) is 9.89. The third-order valence-corrected chi connectivity index (χ3v) is 19.4. The molecule has 0 saturated heterocycles. The van der Waals surface area contributed by atoms with Gasteiger partial charge in [-0.15, -0.1) is 48.1 Å². The zero-order valence-corrected chi connectivity index (χ0v) is 47.3. The van der Waals surface area contributed by atoms with Gasteiger partial charge in [0.05, 0.1) is 11.6 Å². The molecule has 8 aromatic carbocycles. The molecule has 1 aliphatic heterocycles. The molecule has 0 amide bonds. The van der Waals surface area contributed by atoms with Gasteiger partial charge in [0.2, 0.25) is 0 Å². The molecule has 11 rings (SSSR count). The second-order valence-corrected chi connectivity index (χ2v) is 26.3. The number of aromatic nitrogens is 2. The molecule has 0 aliphatic carbocycles. The van der Waals surface area contributed by atoms with Crippen LogP contribution in [0.4, 0.5) is 22.7 Å². The van der Waals surface area contributed by atoms with Gasteiger partial charge >= 0.3 is 0 Å². The van der Waals surface area contributed by atoms with Gasteiger partial charge in [0.15, 0.2) is 8.07 Å². The van der Waals surface area contributed by atoms with Crippen LogP contribution in [0.2, 0.25) is 0 Å². The number of rotatable bonds is 9. The predicted molar refractivity (Wildman–Crippen MR) is 309 cm³/mol. The van der Waals surface area contributed by atoms with Crippen LogP contribution in [0.25, 0.3) is 27.6 Å². The summed E-state index contributed by atoms with van der Waals surface area (Å²) in [5.74, 6) is 1.87. The first-order chi connectivity index (χ1) is 35.5. The molecule has 1 aliphatic rings. The van der Waals surface area contributed by atoms with E-state index >= 15 is 0 Å². The molecule has 0 saturated carbocycles. The van der Waals surface area contributed by atoms with Crippen molar-refractivity contribution in [3.63, 3.8) is 0 Å². The summed E-state index contributed by atoms with van der Waals surface area (Å²) in [7, 11) is -3.06. The van der Waals surface area contributed by atoms with Crippen molar-refractivity contribution in [2.75, 3.05) is 9.80 Å². The Morgan fingerprint density at radius 2 is 1.13 bits per heavy atom. The second-order valence-electron chi connectivity index (χ2n) is 22.6. The van der Waals surface area contributed by atoms with Crippen LogP contribution in [-0.4, -0.2) is 17.6 Å². The Hall–Kier alpha value is -7.49. The summed E-state index contributed by atoms with van der Waals surface area (Å²) in [4.78, 5) is 9.59. The zero-order valence-electron chi connectivity index (χ0n) is 44.0. The first kappa shape index (κ1) is 51.0. The van der Waals surface area contributed by atoms with Crippen molar-refractivity contribution in [3.8, 4) is 23.4 Å². The molecule has 0 unspecified atom stereocenters. The number of nitriles is 1. The minimum absolute atomic E-state index is 0. The van der Waals surface area contributed by atoms with E-state index in [1.165, 1.54) is 37.4 Å². The first-order valence-corrected chi connectivity index (χ1v) is 27.5. The summed E-state index contributed by atoms with van der Waals surface area (Å²) < 4.78 is 8.93. The van der Waals surface area contributed by atoms with Crippen LogP contribution >= 0.6 is 0 Å². The maximum atomic E-state index is 9.92. The number of benzene rings is 8. The number of para-hydroxylation sites is 1. The molecule has 0 bridgehead atoms. The Morgan fingerprint density at radius 1 is 0.547 bits per heavy atom. The maximum Gasteiger partial charge on any atom is 0.181 e. The van der Waals surface area contributed by atoms with Crippen molar-refractivity contribution < 1.29 is 25.8 Å². The molecule has 6 nitrogen and oxygen atoms in total. The van der Waals surface area contributed by atoms with Gasteiger partial charge in [0, 0.05) is 61.3 Å². The standard InChI is InChI=1S/C67H60N5OSi.Pt/c1-65(2,3)47-35-36-69-63(41-47)72-59-34-31-46(44-68)37-58(59)57-33-32-53(43-61(57)72)73-52-22-19-21-50(42-52)70-45-71(51-39-48(66(4,5)6)38-49(40-51)67(7,8)9)64-60(70)29-20-30-62(64)74(54-23-13-10-14-24-54,55-25-15-11-16-26-55)56-27-17-12-18-28-56;/h10-41,45H,1-9H3;/q-3;. The minimum Gasteiger partial charge on any atom is -0.509 e. The van der Waals surface area contributed by atoms with Crippen LogP contribution < -0.4 is 35.3 Å². The first-order valence-electron chi connectivity index (χ1n) is 25.5. The molecular weight excluding hydrogens is 1110 g/mol. The van der Waals surface area contributed by atoms with E-state index in [2.05, 4.69) is 253 Å². The van der Waals surface area contributed by atoms with E-state index in [1.807, 2.05) is 42.6 Å². The Balaban J connectivity index is 0.00000641. The van der Waals surface area contributed by atoms with Crippen LogP contribution in [0.1, 0.15) is 84.6 Å². The van der Waals surface area contributed by atoms with Crippen LogP contribution in [0.3, 0.4) is 0 Å². The monoisotopic (exact) mass is 1170 g/mol. The molecule has 10 aromatic rings. The Kier molecular flexibility index (Phi) is 13.4. The quantitative estimate of drug-likeness (QED) is 0.0819. The van der Waals surface area contributed by atoms with Crippen LogP contribution in [-0.2, 0) is 37.3 Å². The van der Waals surface area contributed by atoms with Crippen molar-refractivity contribution in [1.82, 2.24) is 9.55 Å².